The van der Waals surface area contributed by atoms with Crippen LogP contribution in [-0.2, 0) is 11.2 Å². The molecule has 0 aliphatic heterocycles. The van der Waals surface area contributed by atoms with Gasteiger partial charge in [0.2, 0.25) is 5.91 Å². The minimum Gasteiger partial charge on any atom is -0.348 e. The average molecular weight is 279 g/mol. The molecule has 1 fully saturated rings. The summed E-state index contributed by atoms with van der Waals surface area (Å²) >= 11 is 6.17. The Balaban J connectivity index is 1.53. The highest BCUT2D eigenvalue weighted by Crippen LogP contribution is 2.35. The molecule has 3 rings (SSSR count). The van der Waals surface area contributed by atoms with Crippen molar-refractivity contribution in [3.8, 4) is 0 Å². The lowest BCUT2D eigenvalue weighted by molar-refractivity contribution is -0.121. The molecule has 0 spiro atoms. The fourth-order valence-electron chi connectivity index (χ4n) is 2.72. The van der Waals surface area contributed by atoms with Crippen LogP contribution in [0.25, 0.3) is 0 Å². The van der Waals surface area contributed by atoms with Crippen LogP contribution in [0.5, 0.6) is 0 Å². The molecule has 2 aliphatic carbocycles. The maximum absolute atomic E-state index is 11.9. The van der Waals surface area contributed by atoms with Gasteiger partial charge in [-0.3, -0.25) is 4.79 Å². The summed E-state index contributed by atoms with van der Waals surface area (Å²) in [7, 11) is 0. The molecule has 0 heterocycles. The normalized spacial score (nSPS) is 21.2. The summed E-state index contributed by atoms with van der Waals surface area (Å²) in [4.78, 5) is 11.9. The molecule has 3 nitrogen and oxygen atoms in total. The van der Waals surface area contributed by atoms with Crippen LogP contribution >= 0.6 is 11.6 Å². The van der Waals surface area contributed by atoms with Gasteiger partial charge in [-0.25, -0.2) is 0 Å². The van der Waals surface area contributed by atoms with Crippen molar-refractivity contribution in [1.29, 1.82) is 0 Å². The molecule has 19 heavy (non-hydrogen) atoms. The second-order valence-electron chi connectivity index (χ2n) is 5.54. The topological polar surface area (TPSA) is 41.1 Å². The molecule has 1 aromatic rings. The summed E-state index contributed by atoms with van der Waals surface area (Å²) in [5, 5.41) is 7.14. The van der Waals surface area contributed by atoms with E-state index in [4.69, 9.17) is 11.6 Å². The molecule has 1 amide bonds. The number of hydrogen-bond acceptors (Lipinski definition) is 2. The molecule has 0 saturated heterocycles. The van der Waals surface area contributed by atoms with E-state index in [0.717, 1.165) is 30.3 Å². The second kappa shape index (κ2) is 5.51. The average Bonchev–Trinajstić information content (AvgIpc) is 3.12. The van der Waals surface area contributed by atoms with Gasteiger partial charge >= 0.3 is 0 Å². The third-order valence-electron chi connectivity index (χ3n) is 3.96. The molecule has 1 atom stereocenters. The SMILES string of the molecule is O=C(CNCC1CC1)NC1CCc2c(Cl)cccc21. The third-order valence-corrected chi connectivity index (χ3v) is 4.32. The summed E-state index contributed by atoms with van der Waals surface area (Å²) < 4.78 is 0. The maximum atomic E-state index is 11.9. The van der Waals surface area contributed by atoms with E-state index >= 15 is 0 Å². The first-order valence-corrected chi connectivity index (χ1v) is 7.39. The van der Waals surface area contributed by atoms with Crippen molar-refractivity contribution in [2.75, 3.05) is 13.1 Å². The number of fused-ring (bicyclic) bond motifs is 1. The Morgan fingerprint density at radius 3 is 2.95 bits per heavy atom. The van der Waals surface area contributed by atoms with E-state index in [1.807, 2.05) is 12.1 Å². The van der Waals surface area contributed by atoms with Gasteiger partial charge < -0.3 is 10.6 Å². The number of hydrogen-bond donors (Lipinski definition) is 2. The summed E-state index contributed by atoms with van der Waals surface area (Å²) in [5.74, 6) is 0.886. The van der Waals surface area contributed by atoms with Crippen LogP contribution in [0.15, 0.2) is 18.2 Å². The fourth-order valence-corrected chi connectivity index (χ4v) is 2.99. The van der Waals surface area contributed by atoms with Gasteiger partial charge in [-0.2, -0.15) is 0 Å². The van der Waals surface area contributed by atoms with Crippen LogP contribution in [0.3, 0.4) is 0 Å². The first-order valence-electron chi connectivity index (χ1n) is 7.01. The molecule has 0 aromatic heterocycles. The molecule has 4 heteroatoms. The summed E-state index contributed by atoms with van der Waals surface area (Å²) in [6, 6.07) is 6.07. The van der Waals surface area contributed by atoms with Gasteiger partial charge in [-0.1, -0.05) is 23.7 Å². The van der Waals surface area contributed by atoms with Crippen LogP contribution in [0.2, 0.25) is 5.02 Å². The second-order valence-corrected chi connectivity index (χ2v) is 5.95. The van der Waals surface area contributed by atoms with Crippen molar-refractivity contribution in [3.05, 3.63) is 34.3 Å². The van der Waals surface area contributed by atoms with E-state index in [1.54, 1.807) is 0 Å². The molecule has 102 valence electrons. The van der Waals surface area contributed by atoms with Crippen LogP contribution in [0.1, 0.15) is 36.4 Å². The quantitative estimate of drug-likeness (QED) is 0.869. The predicted molar refractivity (Wildman–Crippen MR) is 76.3 cm³/mol. The minimum absolute atomic E-state index is 0.0819. The van der Waals surface area contributed by atoms with Gasteiger partial charge in [0.15, 0.2) is 0 Å². The van der Waals surface area contributed by atoms with Crippen molar-refractivity contribution < 1.29 is 4.79 Å². The maximum Gasteiger partial charge on any atom is 0.234 e. The van der Waals surface area contributed by atoms with Crippen molar-refractivity contribution in [2.45, 2.75) is 31.7 Å². The smallest absolute Gasteiger partial charge is 0.234 e. The fraction of sp³-hybridized carbons (Fsp3) is 0.533. The van der Waals surface area contributed by atoms with E-state index in [9.17, 15) is 4.79 Å². The van der Waals surface area contributed by atoms with E-state index in [-0.39, 0.29) is 11.9 Å². The lowest BCUT2D eigenvalue weighted by Gasteiger charge is -2.14. The van der Waals surface area contributed by atoms with Crippen LogP contribution in [0, 0.1) is 5.92 Å². The van der Waals surface area contributed by atoms with E-state index in [2.05, 4.69) is 16.7 Å². The van der Waals surface area contributed by atoms with Crippen LogP contribution in [-0.4, -0.2) is 19.0 Å². The van der Waals surface area contributed by atoms with Gasteiger partial charge in [0, 0.05) is 5.02 Å². The summed E-state index contributed by atoms with van der Waals surface area (Å²) in [6.07, 6.45) is 4.52. The van der Waals surface area contributed by atoms with E-state index < -0.39 is 0 Å². The Bertz CT molecular complexity index is 485. The van der Waals surface area contributed by atoms with Crippen molar-refractivity contribution in [2.24, 2.45) is 5.92 Å². The number of benzene rings is 1. The molecule has 2 N–H and O–H groups in total. The lowest BCUT2D eigenvalue weighted by Crippen LogP contribution is -2.36. The number of rotatable bonds is 5. The summed E-state index contributed by atoms with van der Waals surface area (Å²) in [6.45, 7) is 1.39. The zero-order valence-electron chi connectivity index (χ0n) is 10.9. The molecule has 1 unspecified atom stereocenters. The van der Waals surface area contributed by atoms with Crippen LogP contribution in [0.4, 0.5) is 0 Å². The first-order chi connectivity index (χ1) is 9.24. The minimum atomic E-state index is 0.0819. The Kier molecular flexibility index (Phi) is 3.76. The molecule has 2 aliphatic rings. The highest BCUT2D eigenvalue weighted by molar-refractivity contribution is 6.31. The van der Waals surface area contributed by atoms with E-state index in [1.165, 1.54) is 24.0 Å². The lowest BCUT2D eigenvalue weighted by atomic mass is 10.1. The number of amides is 1. The van der Waals surface area contributed by atoms with Crippen molar-refractivity contribution >= 4 is 17.5 Å². The largest absolute Gasteiger partial charge is 0.348 e. The Morgan fingerprint density at radius 1 is 1.32 bits per heavy atom. The van der Waals surface area contributed by atoms with Crippen molar-refractivity contribution in [3.63, 3.8) is 0 Å². The number of halogens is 1. The predicted octanol–water partition coefficient (Wildman–Crippen LogP) is 2.44. The van der Waals surface area contributed by atoms with Gasteiger partial charge in [-0.15, -0.1) is 0 Å². The summed E-state index contributed by atoms with van der Waals surface area (Å²) in [5.41, 5.74) is 2.38. The standard InChI is InChI=1S/C15H19ClN2O/c16-13-3-1-2-12-11(13)6-7-14(12)18-15(19)9-17-8-10-4-5-10/h1-3,10,14,17H,4-9H2,(H,18,19). The first kappa shape index (κ1) is 12.9. The molecule has 0 radical (unpaired) electrons. The monoisotopic (exact) mass is 278 g/mol. The Morgan fingerprint density at radius 2 is 2.16 bits per heavy atom. The zero-order chi connectivity index (χ0) is 13.2. The molecular weight excluding hydrogens is 260 g/mol. The molecular formula is C15H19ClN2O. The van der Waals surface area contributed by atoms with Crippen LogP contribution < -0.4 is 10.6 Å². The van der Waals surface area contributed by atoms with Gasteiger partial charge in [0.25, 0.3) is 0 Å². The molecule has 0 bridgehead atoms. The van der Waals surface area contributed by atoms with Gasteiger partial charge in [-0.05, 0) is 55.3 Å². The Hall–Kier alpha value is -1.06. The molecule has 1 aromatic carbocycles. The highest BCUT2D eigenvalue weighted by atomic mass is 35.5. The van der Waals surface area contributed by atoms with Gasteiger partial charge in [0.05, 0.1) is 12.6 Å². The Labute approximate surface area is 118 Å². The third kappa shape index (κ3) is 3.10. The molecule has 1 saturated carbocycles. The number of carbonyl (C=O) groups is 1. The van der Waals surface area contributed by atoms with Gasteiger partial charge in [0.1, 0.15) is 0 Å². The van der Waals surface area contributed by atoms with E-state index in [0.29, 0.717) is 6.54 Å². The highest BCUT2D eigenvalue weighted by Gasteiger charge is 2.25. The zero-order valence-corrected chi connectivity index (χ0v) is 11.7. The van der Waals surface area contributed by atoms with Crippen molar-refractivity contribution in [1.82, 2.24) is 10.6 Å². The number of carbonyl (C=O) groups excluding carboxylic acids is 1. The number of nitrogens with one attached hydrogen (secondary N) is 2.